The van der Waals surface area contributed by atoms with Crippen LogP contribution in [0.25, 0.3) is 22.7 Å². The van der Waals surface area contributed by atoms with Crippen LogP contribution in [-0.4, -0.2) is 34.1 Å². The van der Waals surface area contributed by atoms with Crippen molar-refractivity contribution in [1.29, 1.82) is 0 Å². The second-order valence-corrected chi connectivity index (χ2v) is 9.05. The van der Waals surface area contributed by atoms with Crippen molar-refractivity contribution >= 4 is 22.7 Å². The van der Waals surface area contributed by atoms with Gasteiger partial charge in [-0.05, 0) is 78.5 Å². The number of aromatic amines is 1. The molecule has 1 aromatic heterocycles. The molecule has 2 aliphatic rings. The van der Waals surface area contributed by atoms with Crippen molar-refractivity contribution in [3.05, 3.63) is 99.2 Å². The van der Waals surface area contributed by atoms with Gasteiger partial charge in [-0.3, -0.25) is 4.57 Å². The average Bonchev–Trinajstić information content (AvgIpc) is 3.49. The summed E-state index contributed by atoms with van der Waals surface area (Å²) >= 11 is 0. The molecule has 1 fully saturated rings. The van der Waals surface area contributed by atoms with Crippen LogP contribution in [0.15, 0.2) is 65.5 Å². The molecule has 6 heteroatoms. The Morgan fingerprint density at radius 1 is 0.972 bits per heavy atom. The van der Waals surface area contributed by atoms with Crippen LogP contribution in [0.5, 0.6) is 5.75 Å². The number of fused-ring (bicyclic) bond motifs is 3. The molecular formula is C30H32FN3O2. The van der Waals surface area contributed by atoms with E-state index in [0.717, 1.165) is 58.5 Å². The monoisotopic (exact) mass is 485 g/mol. The summed E-state index contributed by atoms with van der Waals surface area (Å²) in [4.78, 5) is 18.1. The number of hydrogen-bond donors (Lipinski definition) is 1. The summed E-state index contributed by atoms with van der Waals surface area (Å²) in [6.07, 6.45) is 4.57. The summed E-state index contributed by atoms with van der Waals surface area (Å²) in [5.74, 6) is 0.211. The smallest absolute Gasteiger partial charge is 0.326 e. The van der Waals surface area contributed by atoms with Crippen molar-refractivity contribution in [3.8, 4) is 5.75 Å². The topological polar surface area (TPSA) is 50.3 Å². The highest BCUT2D eigenvalue weighted by molar-refractivity contribution is 5.95. The van der Waals surface area contributed by atoms with Crippen LogP contribution in [0, 0.1) is 5.82 Å². The maximum atomic E-state index is 13.9. The van der Waals surface area contributed by atoms with Crippen molar-refractivity contribution in [2.45, 2.75) is 39.8 Å². The van der Waals surface area contributed by atoms with E-state index in [0.29, 0.717) is 18.9 Å². The number of aromatic nitrogens is 2. The number of imidazole rings is 1. The molecule has 0 aliphatic carbocycles. The average molecular weight is 486 g/mol. The van der Waals surface area contributed by atoms with E-state index in [1.54, 1.807) is 6.07 Å². The summed E-state index contributed by atoms with van der Waals surface area (Å²) in [7, 11) is 0. The summed E-state index contributed by atoms with van der Waals surface area (Å²) in [5.41, 5.74) is 6.55. The molecule has 2 aliphatic heterocycles. The Balaban J connectivity index is 0.00000130. The number of hydrogen-bond acceptors (Lipinski definition) is 3. The minimum atomic E-state index is -0.321. The second-order valence-electron chi connectivity index (χ2n) is 9.05. The number of nitrogens with zero attached hydrogens (tertiary/aromatic N) is 2. The number of likely N-dealkylation sites (tertiary alicyclic amines) is 1. The Morgan fingerprint density at radius 2 is 1.78 bits per heavy atom. The number of rotatable bonds is 4. The third-order valence-electron chi connectivity index (χ3n) is 6.87. The Kier molecular flexibility index (Phi) is 7.05. The van der Waals surface area contributed by atoms with Gasteiger partial charge in [0.1, 0.15) is 18.2 Å². The van der Waals surface area contributed by atoms with Crippen LogP contribution in [0.3, 0.4) is 0 Å². The maximum absolute atomic E-state index is 13.9. The molecule has 36 heavy (non-hydrogen) atoms. The number of halogens is 1. The van der Waals surface area contributed by atoms with Crippen molar-refractivity contribution in [3.63, 3.8) is 0 Å². The van der Waals surface area contributed by atoms with Gasteiger partial charge in [0.25, 0.3) is 0 Å². The Labute approximate surface area is 210 Å². The fourth-order valence-electron chi connectivity index (χ4n) is 5.11. The first kappa shape index (κ1) is 24.1. The van der Waals surface area contributed by atoms with Crippen molar-refractivity contribution in [2.75, 3.05) is 19.6 Å². The molecule has 0 amide bonds. The minimum Gasteiger partial charge on any atom is -0.488 e. The zero-order valence-electron chi connectivity index (χ0n) is 20.9. The first-order chi connectivity index (χ1) is 17.7. The highest BCUT2D eigenvalue weighted by Gasteiger charge is 2.20. The van der Waals surface area contributed by atoms with Gasteiger partial charge in [0.05, 0.1) is 11.0 Å². The van der Waals surface area contributed by atoms with Gasteiger partial charge in [-0.1, -0.05) is 44.2 Å². The van der Waals surface area contributed by atoms with Crippen molar-refractivity contribution in [2.24, 2.45) is 0 Å². The molecule has 186 valence electrons. The lowest BCUT2D eigenvalue weighted by Gasteiger charge is -2.14. The Bertz CT molecular complexity index is 1460. The molecule has 3 heterocycles. The van der Waals surface area contributed by atoms with Gasteiger partial charge >= 0.3 is 5.69 Å². The van der Waals surface area contributed by atoms with Gasteiger partial charge in [0.15, 0.2) is 0 Å². The molecule has 0 spiro atoms. The highest BCUT2D eigenvalue weighted by Crippen LogP contribution is 2.38. The van der Waals surface area contributed by atoms with E-state index in [-0.39, 0.29) is 11.5 Å². The number of nitrogens with one attached hydrogen (secondary N) is 1. The zero-order chi connectivity index (χ0) is 25.1. The van der Waals surface area contributed by atoms with E-state index >= 15 is 0 Å². The van der Waals surface area contributed by atoms with Gasteiger partial charge < -0.3 is 14.6 Å². The first-order valence-corrected chi connectivity index (χ1v) is 12.8. The molecule has 0 radical (unpaired) electrons. The Morgan fingerprint density at radius 3 is 2.61 bits per heavy atom. The van der Waals surface area contributed by atoms with Crippen molar-refractivity contribution in [1.82, 2.24) is 14.5 Å². The largest absolute Gasteiger partial charge is 0.488 e. The summed E-state index contributed by atoms with van der Waals surface area (Å²) in [6, 6.07) is 18.8. The third kappa shape index (κ3) is 4.73. The van der Waals surface area contributed by atoms with Gasteiger partial charge in [-0.2, -0.15) is 0 Å². The normalized spacial score (nSPS) is 16.1. The molecule has 1 saturated heterocycles. The van der Waals surface area contributed by atoms with Crippen molar-refractivity contribution < 1.29 is 9.13 Å². The lowest BCUT2D eigenvalue weighted by molar-refractivity contribution is 0.305. The highest BCUT2D eigenvalue weighted by atomic mass is 19.1. The van der Waals surface area contributed by atoms with E-state index in [1.807, 2.05) is 54.8 Å². The molecule has 5 nitrogen and oxygen atoms in total. The van der Waals surface area contributed by atoms with Gasteiger partial charge in [-0.15, -0.1) is 0 Å². The first-order valence-electron chi connectivity index (χ1n) is 12.8. The lowest BCUT2D eigenvalue weighted by atomic mass is 9.92. The molecule has 0 bridgehead atoms. The molecule has 6 rings (SSSR count). The predicted molar refractivity (Wildman–Crippen MR) is 144 cm³/mol. The fraction of sp³-hybridized carbons (Fsp3) is 0.300. The van der Waals surface area contributed by atoms with E-state index in [9.17, 15) is 9.18 Å². The van der Waals surface area contributed by atoms with E-state index in [2.05, 4.69) is 22.0 Å². The molecule has 4 aromatic rings. The standard InChI is InChI=1S/C28H26FN3O2.C2H6/c29-21-8-9-23-24(22-6-2-1-5-20(22)18-34-27(23)17-21)15-19-7-10-26-25(16-19)30-28(33)32(26)14-13-31-11-3-4-12-31;1-2/h1-2,5-10,15-17H,3-4,11-14,18H2,(H,30,33);1-2H3/b24-15+;. The van der Waals surface area contributed by atoms with Gasteiger partial charge in [-0.25, -0.2) is 9.18 Å². The third-order valence-corrected chi connectivity index (χ3v) is 6.87. The van der Waals surface area contributed by atoms with Crippen LogP contribution in [0.1, 0.15) is 48.9 Å². The summed E-state index contributed by atoms with van der Waals surface area (Å²) in [5, 5.41) is 0. The minimum absolute atomic E-state index is 0.0759. The lowest BCUT2D eigenvalue weighted by Crippen LogP contribution is -2.28. The molecule has 0 atom stereocenters. The molecule has 0 saturated carbocycles. The van der Waals surface area contributed by atoms with Crippen LogP contribution < -0.4 is 10.4 Å². The van der Waals surface area contributed by atoms with E-state index < -0.39 is 0 Å². The van der Waals surface area contributed by atoms with Gasteiger partial charge in [0.2, 0.25) is 0 Å². The molecule has 0 unspecified atom stereocenters. The fourth-order valence-corrected chi connectivity index (χ4v) is 5.11. The number of benzene rings is 3. The quantitative estimate of drug-likeness (QED) is 0.382. The van der Waals surface area contributed by atoms with E-state index in [4.69, 9.17) is 4.74 Å². The SMILES string of the molecule is CC.O=c1[nH]c2cc(/C=C3\c4ccccc4COc4cc(F)ccc43)ccc2n1CCN1CCCC1. The molecule has 1 N–H and O–H groups in total. The van der Waals surface area contributed by atoms with E-state index in [1.165, 1.54) is 25.0 Å². The Hall–Kier alpha value is -3.64. The number of ether oxygens (including phenoxy) is 1. The number of H-pyrrole nitrogens is 1. The predicted octanol–water partition coefficient (Wildman–Crippen LogP) is 6.07. The molecule has 3 aromatic carbocycles. The van der Waals surface area contributed by atoms with Crippen LogP contribution in [-0.2, 0) is 13.2 Å². The van der Waals surface area contributed by atoms with Gasteiger partial charge in [0, 0.05) is 24.7 Å². The second kappa shape index (κ2) is 10.5. The summed E-state index contributed by atoms with van der Waals surface area (Å²) in [6.45, 7) is 8.19. The molecular weight excluding hydrogens is 453 g/mol. The van der Waals surface area contributed by atoms with Crippen LogP contribution >= 0.6 is 0 Å². The maximum Gasteiger partial charge on any atom is 0.326 e. The summed E-state index contributed by atoms with van der Waals surface area (Å²) < 4.78 is 21.7. The van der Waals surface area contributed by atoms with Crippen LogP contribution in [0.4, 0.5) is 4.39 Å². The van der Waals surface area contributed by atoms with Crippen LogP contribution in [0.2, 0.25) is 0 Å². The zero-order valence-corrected chi connectivity index (χ0v) is 20.9.